The zero-order valence-electron chi connectivity index (χ0n) is 26.5. The summed E-state index contributed by atoms with van der Waals surface area (Å²) < 4.78 is 11.8. The second-order valence-corrected chi connectivity index (χ2v) is 14.6. The zero-order chi connectivity index (χ0) is 31.1. The van der Waals surface area contributed by atoms with E-state index in [-0.39, 0.29) is 35.2 Å². The van der Waals surface area contributed by atoms with E-state index in [4.69, 9.17) is 19.9 Å². The normalized spacial score (nSPS) is 25.6. The van der Waals surface area contributed by atoms with Gasteiger partial charge in [0.2, 0.25) is 0 Å². The number of hydroxylamine groups is 4. The molecule has 2 saturated heterocycles. The summed E-state index contributed by atoms with van der Waals surface area (Å²) in [7, 11) is 0. The molecular weight excluding hydrogens is 532 g/mol. The van der Waals surface area contributed by atoms with Crippen LogP contribution < -0.4 is 0 Å². The highest BCUT2D eigenvalue weighted by Crippen LogP contribution is 2.38. The van der Waals surface area contributed by atoms with E-state index in [0.717, 1.165) is 36.8 Å². The largest absolute Gasteiger partial charge is 0.459 e. The molecule has 2 fully saturated rings. The Morgan fingerprint density at radius 3 is 1.21 bits per heavy atom. The zero-order valence-corrected chi connectivity index (χ0v) is 26.5. The molecule has 0 aromatic heterocycles. The van der Waals surface area contributed by atoms with E-state index >= 15 is 0 Å². The van der Waals surface area contributed by atoms with Gasteiger partial charge in [0, 0.05) is 12.8 Å². The lowest BCUT2D eigenvalue weighted by Gasteiger charge is -2.37. The molecule has 8 heteroatoms. The van der Waals surface area contributed by atoms with Gasteiger partial charge in [-0.3, -0.25) is 0 Å². The third kappa shape index (κ3) is 7.05. The molecule has 0 spiro atoms. The van der Waals surface area contributed by atoms with Crippen molar-refractivity contribution >= 4 is 11.9 Å². The SMILES string of the molecule is CC1(C)CCC(OC(=O)c2ccc(-c3ccc(C(=O)OC4CCC(C)(C)N([OH2+])C(C)(C)C4)cc3)cc2)CC(C)(C)N1[OH2+]. The molecule has 2 aliphatic heterocycles. The Balaban J connectivity index is 1.37. The summed E-state index contributed by atoms with van der Waals surface area (Å²) in [4.78, 5) is 26.0. The molecule has 0 saturated carbocycles. The molecule has 0 radical (unpaired) electrons. The molecule has 8 nitrogen and oxygen atoms in total. The van der Waals surface area contributed by atoms with Gasteiger partial charge >= 0.3 is 11.9 Å². The van der Waals surface area contributed by atoms with Crippen molar-refractivity contribution in [2.75, 3.05) is 0 Å². The number of carbonyl (C=O) groups is 2. The van der Waals surface area contributed by atoms with Crippen LogP contribution in [0.2, 0.25) is 0 Å². The summed E-state index contributed by atoms with van der Waals surface area (Å²) in [6.07, 6.45) is 3.75. The molecule has 2 atom stereocenters. The average molecular weight is 583 g/mol. The van der Waals surface area contributed by atoms with Crippen molar-refractivity contribution in [2.45, 2.75) is 128 Å². The van der Waals surface area contributed by atoms with Crippen LogP contribution in [-0.4, -0.2) is 66.8 Å². The summed E-state index contributed by atoms with van der Waals surface area (Å²) in [5, 5.41) is 20.4. The number of carbonyl (C=O) groups excluding carboxylic acids is 2. The third-order valence-electron chi connectivity index (χ3n) is 9.15. The minimum Gasteiger partial charge on any atom is -0.459 e. The highest BCUT2D eigenvalue weighted by molar-refractivity contribution is 5.91. The van der Waals surface area contributed by atoms with Crippen molar-refractivity contribution in [1.82, 2.24) is 10.1 Å². The molecule has 2 unspecified atom stereocenters. The standard InChI is InChI=1S/C34H48N2O6/c1-31(2)19-17-27(21-33(5,6)35(31)39)41-29(37)25-13-9-23(10-14-25)24-11-15-26(16-12-24)30(38)42-28-18-20-32(3,4)36(40)34(7,8)22-28/h9-16,27-28,39-40H,17-22H2,1-8H3/p+2. The molecule has 2 heterocycles. The molecule has 0 amide bonds. The van der Waals surface area contributed by atoms with Crippen molar-refractivity contribution < 1.29 is 29.5 Å². The van der Waals surface area contributed by atoms with Crippen LogP contribution in [0.4, 0.5) is 0 Å². The van der Waals surface area contributed by atoms with Crippen molar-refractivity contribution in [3.05, 3.63) is 59.7 Å². The molecule has 230 valence electrons. The van der Waals surface area contributed by atoms with Gasteiger partial charge in [-0.05, 0) is 116 Å². The van der Waals surface area contributed by atoms with E-state index in [1.165, 1.54) is 0 Å². The number of rotatable bonds is 5. The fourth-order valence-corrected chi connectivity index (χ4v) is 6.63. The smallest absolute Gasteiger partial charge is 0.338 e. The van der Waals surface area contributed by atoms with Crippen LogP contribution in [0.1, 0.15) is 115 Å². The molecule has 42 heavy (non-hydrogen) atoms. The molecule has 0 bridgehead atoms. The van der Waals surface area contributed by atoms with Crippen LogP contribution >= 0.6 is 0 Å². The van der Waals surface area contributed by atoms with Gasteiger partial charge in [-0.15, -0.1) is 0 Å². The van der Waals surface area contributed by atoms with E-state index in [1.54, 1.807) is 34.4 Å². The van der Waals surface area contributed by atoms with E-state index < -0.39 is 11.1 Å². The van der Waals surface area contributed by atoms with E-state index in [1.807, 2.05) is 52.0 Å². The fraction of sp³-hybridized carbons (Fsp3) is 0.588. The Hall–Kier alpha value is -2.78. The minimum absolute atomic E-state index is 0.240. The lowest BCUT2D eigenvalue weighted by atomic mass is 9.95. The fourth-order valence-electron chi connectivity index (χ4n) is 6.63. The first-order chi connectivity index (χ1) is 19.4. The Labute approximate surface area is 250 Å². The summed E-state index contributed by atoms with van der Waals surface area (Å²) in [5.74, 6) is -0.703. The van der Waals surface area contributed by atoms with Crippen molar-refractivity contribution in [3.63, 3.8) is 0 Å². The van der Waals surface area contributed by atoms with Crippen molar-refractivity contribution in [2.24, 2.45) is 0 Å². The molecule has 2 aromatic carbocycles. The van der Waals surface area contributed by atoms with Crippen LogP contribution in [0.3, 0.4) is 0 Å². The van der Waals surface area contributed by atoms with E-state index in [0.29, 0.717) is 24.0 Å². The molecule has 2 aliphatic rings. The lowest BCUT2D eigenvalue weighted by Crippen LogP contribution is -2.52. The van der Waals surface area contributed by atoms with Gasteiger partial charge in [0.1, 0.15) is 12.2 Å². The summed E-state index contributed by atoms with van der Waals surface area (Å²) in [6, 6.07) is 14.6. The van der Waals surface area contributed by atoms with Gasteiger partial charge in [-0.1, -0.05) is 34.4 Å². The quantitative estimate of drug-likeness (QED) is 0.327. The average Bonchev–Trinajstić information content (AvgIpc) is 3.05. The van der Waals surface area contributed by atoms with Gasteiger partial charge in [0.05, 0.1) is 33.3 Å². The first kappa shape index (κ1) is 32.1. The Morgan fingerprint density at radius 1 is 0.595 bits per heavy atom. The number of hydrogen-bond donors (Lipinski definition) is 0. The van der Waals surface area contributed by atoms with Crippen molar-refractivity contribution in [1.29, 1.82) is 0 Å². The van der Waals surface area contributed by atoms with Gasteiger partial charge in [-0.2, -0.15) is 0 Å². The topological polar surface area (TPSA) is 105 Å². The number of esters is 2. The van der Waals surface area contributed by atoms with E-state index in [9.17, 15) is 9.59 Å². The number of ether oxygens (including phenoxy) is 2. The van der Waals surface area contributed by atoms with Crippen molar-refractivity contribution in [3.8, 4) is 11.1 Å². The van der Waals surface area contributed by atoms with E-state index in [2.05, 4.69) is 27.7 Å². The molecule has 2 aromatic rings. The highest BCUT2D eigenvalue weighted by Gasteiger charge is 2.47. The van der Waals surface area contributed by atoms with Gasteiger partial charge in [0.25, 0.3) is 0 Å². The van der Waals surface area contributed by atoms with Crippen LogP contribution in [0.5, 0.6) is 0 Å². The predicted octanol–water partition coefficient (Wildman–Crippen LogP) is 5.77. The summed E-state index contributed by atoms with van der Waals surface area (Å²) in [6.45, 7) is 16.3. The maximum Gasteiger partial charge on any atom is 0.338 e. The van der Waals surface area contributed by atoms with Gasteiger partial charge in [-0.25, -0.2) is 9.59 Å². The number of hydrogen-bond acceptors (Lipinski definition) is 6. The second kappa shape index (κ2) is 11.7. The van der Waals surface area contributed by atoms with Gasteiger partial charge in [0.15, 0.2) is 0 Å². The molecule has 0 aliphatic carbocycles. The highest BCUT2D eigenvalue weighted by atomic mass is 16.6. The third-order valence-corrected chi connectivity index (χ3v) is 9.15. The number of benzene rings is 2. The number of nitrogens with zero attached hydrogens (tertiary/aromatic N) is 2. The predicted molar refractivity (Wildman–Crippen MR) is 165 cm³/mol. The molecular formula is C34H50N2O6+2. The van der Waals surface area contributed by atoms with Crippen LogP contribution in [-0.2, 0) is 9.47 Å². The van der Waals surface area contributed by atoms with Gasteiger partial charge < -0.3 is 19.9 Å². The molecule has 4 rings (SSSR count). The van der Waals surface area contributed by atoms with Crippen LogP contribution in [0, 0.1) is 0 Å². The Kier molecular flexibility index (Phi) is 8.97. The van der Waals surface area contributed by atoms with Crippen LogP contribution in [0.15, 0.2) is 48.5 Å². The Bertz CT molecular complexity index is 1170. The van der Waals surface area contributed by atoms with Crippen LogP contribution in [0.25, 0.3) is 11.1 Å². The molecule has 4 N–H and O–H groups in total. The summed E-state index contributed by atoms with van der Waals surface area (Å²) in [5.41, 5.74) is 1.46. The lowest BCUT2D eigenvalue weighted by molar-refractivity contribution is -0.222. The maximum absolute atomic E-state index is 13.0. The monoisotopic (exact) mass is 582 g/mol. The Morgan fingerprint density at radius 2 is 0.905 bits per heavy atom. The summed E-state index contributed by atoms with van der Waals surface area (Å²) >= 11 is 0. The second-order valence-electron chi connectivity index (χ2n) is 14.6. The maximum atomic E-state index is 13.0. The minimum atomic E-state index is -0.403. The first-order valence-corrected chi connectivity index (χ1v) is 15.1. The first-order valence-electron chi connectivity index (χ1n) is 15.1.